The summed E-state index contributed by atoms with van der Waals surface area (Å²) in [6.45, 7) is 0. The molecule has 0 aliphatic heterocycles. The number of nitrogens with two attached hydrogens (primary N) is 1. The van der Waals surface area contributed by atoms with E-state index in [2.05, 4.69) is 9.97 Å². The number of ether oxygens (including phenoxy) is 2. The molecule has 2 heterocycles. The normalized spacial score (nSPS) is 11.4. The predicted octanol–water partition coefficient (Wildman–Crippen LogP) is 2.40. The first-order valence-electron chi connectivity index (χ1n) is 7.12. The van der Waals surface area contributed by atoms with Crippen LogP contribution in [-0.4, -0.2) is 36.7 Å². The van der Waals surface area contributed by atoms with E-state index in [1.165, 1.54) is 18.3 Å². The number of fused-ring (bicyclic) bond motifs is 1. The number of benzene rings is 1. The number of aromatic nitrogens is 2. The number of rotatable bonds is 5. The van der Waals surface area contributed by atoms with E-state index < -0.39 is 9.84 Å². The van der Waals surface area contributed by atoms with E-state index in [4.69, 9.17) is 27.4 Å². The first-order valence-corrected chi connectivity index (χ1v) is 9.42. The van der Waals surface area contributed by atoms with E-state index in [-0.39, 0.29) is 15.8 Å². The van der Waals surface area contributed by atoms with Crippen LogP contribution in [0.4, 0.5) is 0 Å². The Hall–Kier alpha value is -2.65. The predicted molar refractivity (Wildman–Crippen MR) is 98.2 cm³/mol. The van der Waals surface area contributed by atoms with Crippen LogP contribution in [0.3, 0.4) is 0 Å². The molecule has 130 valence electrons. The van der Waals surface area contributed by atoms with Gasteiger partial charge in [0.2, 0.25) is 5.88 Å². The van der Waals surface area contributed by atoms with Crippen molar-refractivity contribution in [2.24, 2.45) is 5.73 Å². The largest absolute Gasteiger partial charge is 0.494 e. The number of aromatic amines is 1. The first-order chi connectivity index (χ1) is 11.8. The van der Waals surface area contributed by atoms with Crippen LogP contribution in [0.5, 0.6) is 17.4 Å². The molecule has 0 unspecified atom stereocenters. The van der Waals surface area contributed by atoms with Crippen molar-refractivity contribution in [1.82, 2.24) is 9.97 Å². The van der Waals surface area contributed by atoms with Gasteiger partial charge in [-0.05, 0) is 18.2 Å². The Kier molecular flexibility index (Phi) is 4.36. The highest BCUT2D eigenvalue weighted by atomic mass is 32.2. The summed E-state index contributed by atoms with van der Waals surface area (Å²) in [4.78, 5) is 7.49. The summed E-state index contributed by atoms with van der Waals surface area (Å²) in [7, 11) is -1.76. The molecule has 0 bridgehead atoms. The van der Waals surface area contributed by atoms with Crippen molar-refractivity contribution in [3.05, 3.63) is 42.2 Å². The maximum Gasteiger partial charge on any atom is 0.219 e. The van der Waals surface area contributed by atoms with Gasteiger partial charge in [0.1, 0.15) is 16.5 Å². The maximum absolute atomic E-state index is 11.5. The molecule has 0 fully saturated rings. The zero-order chi connectivity index (χ0) is 18.2. The van der Waals surface area contributed by atoms with Gasteiger partial charge in [-0.3, -0.25) is 0 Å². The second-order valence-electron chi connectivity index (χ2n) is 5.34. The molecule has 0 aliphatic rings. The lowest BCUT2D eigenvalue weighted by Crippen LogP contribution is -2.09. The molecule has 3 aromatic rings. The summed E-state index contributed by atoms with van der Waals surface area (Å²) >= 11 is 4.98. The highest BCUT2D eigenvalue weighted by molar-refractivity contribution is 7.90. The van der Waals surface area contributed by atoms with Gasteiger partial charge in [-0.15, -0.1) is 0 Å². The number of thiocarbonyl (C=S) groups is 1. The van der Waals surface area contributed by atoms with E-state index in [1.54, 1.807) is 25.3 Å². The topological polar surface area (TPSA) is 107 Å². The van der Waals surface area contributed by atoms with Gasteiger partial charge in [-0.1, -0.05) is 12.2 Å². The lowest BCUT2D eigenvalue weighted by molar-refractivity contribution is 0.411. The minimum Gasteiger partial charge on any atom is -0.494 e. The van der Waals surface area contributed by atoms with E-state index in [0.29, 0.717) is 17.2 Å². The number of sulfone groups is 1. The van der Waals surface area contributed by atoms with Crippen LogP contribution in [0, 0.1) is 0 Å². The van der Waals surface area contributed by atoms with Crippen molar-refractivity contribution in [1.29, 1.82) is 0 Å². The Bertz CT molecular complexity index is 1060. The van der Waals surface area contributed by atoms with Crippen LogP contribution >= 0.6 is 12.2 Å². The maximum atomic E-state index is 11.5. The standard InChI is InChI=1S/C16H15N3O4S2/c1-22-13-7-10(5-9-6-12(16(17)24)19-15(9)13)23-14-4-3-11(8-18-14)25(2,20)21/h3-8,19H,1-2H3,(H2,17,24). The Morgan fingerprint density at radius 2 is 2.04 bits per heavy atom. The summed E-state index contributed by atoms with van der Waals surface area (Å²) in [5.74, 6) is 1.30. The lowest BCUT2D eigenvalue weighted by atomic mass is 10.2. The summed E-state index contributed by atoms with van der Waals surface area (Å²) < 4.78 is 34.0. The quantitative estimate of drug-likeness (QED) is 0.657. The number of nitrogens with one attached hydrogen (secondary N) is 1. The molecule has 3 rings (SSSR count). The molecule has 0 saturated heterocycles. The van der Waals surface area contributed by atoms with Crippen LogP contribution < -0.4 is 15.2 Å². The number of hydrogen-bond acceptors (Lipinski definition) is 6. The van der Waals surface area contributed by atoms with Crippen LogP contribution in [0.2, 0.25) is 0 Å². The highest BCUT2D eigenvalue weighted by Crippen LogP contribution is 2.33. The Balaban J connectivity index is 1.97. The third kappa shape index (κ3) is 3.57. The number of nitrogens with zero attached hydrogens (tertiary/aromatic N) is 1. The van der Waals surface area contributed by atoms with Crippen molar-refractivity contribution in [3.63, 3.8) is 0 Å². The number of methoxy groups -OCH3 is 1. The Labute approximate surface area is 149 Å². The van der Waals surface area contributed by atoms with Gasteiger partial charge >= 0.3 is 0 Å². The van der Waals surface area contributed by atoms with Gasteiger partial charge in [0.15, 0.2) is 9.84 Å². The van der Waals surface area contributed by atoms with E-state index in [9.17, 15) is 8.42 Å². The molecule has 0 saturated carbocycles. The number of H-pyrrole nitrogens is 1. The summed E-state index contributed by atoms with van der Waals surface area (Å²) in [6.07, 6.45) is 2.37. The fourth-order valence-electron chi connectivity index (χ4n) is 2.30. The van der Waals surface area contributed by atoms with Gasteiger partial charge < -0.3 is 20.2 Å². The molecule has 0 aliphatic carbocycles. The molecule has 0 amide bonds. The molecule has 3 N–H and O–H groups in total. The Morgan fingerprint density at radius 3 is 2.60 bits per heavy atom. The van der Waals surface area contributed by atoms with E-state index >= 15 is 0 Å². The molecule has 7 nitrogen and oxygen atoms in total. The van der Waals surface area contributed by atoms with Gasteiger partial charge in [0, 0.05) is 30.0 Å². The molecule has 2 aromatic heterocycles. The number of pyridine rings is 1. The zero-order valence-electron chi connectivity index (χ0n) is 13.4. The smallest absolute Gasteiger partial charge is 0.219 e. The van der Waals surface area contributed by atoms with Crippen LogP contribution in [0.15, 0.2) is 41.4 Å². The van der Waals surface area contributed by atoms with Gasteiger partial charge in [0.05, 0.1) is 23.2 Å². The van der Waals surface area contributed by atoms with Crippen molar-refractivity contribution in [2.45, 2.75) is 4.90 Å². The van der Waals surface area contributed by atoms with Crippen molar-refractivity contribution in [2.75, 3.05) is 13.4 Å². The summed E-state index contributed by atoms with van der Waals surface area (Å²) in [6, 6.07) is 8.20. The third-order valence-electron chi connectivity index (χ3n) is 3.51. The molecule has 0 spiro atoms. The average molecular weight is 377 g/mol. The minimum atomic E-state index is -3.30. The average Bonchev–Trinajstić information content (AvgIpc) is 2.98. The molecule has 25 heavy (non-hydrogen) atoms. The van der Waals surface area contributed by atoms with E-state index in [1.807, 2.05) is 0 Å². The molecule has 0 atom stereocenters. The SMILES string of the molecule is COc1cc(Oc2ccc(S(C)(=O)=O)cn2)cc2cc(C(N)=S)[nH]c12. The molecule has 1 aromatic carbocycles. The van der Waals surface area contributed by atoms with Crippen LogP contribution in [-0.2, 0) is 9.84 Å². The first kappa shape index (κ1) is 17.2. The lowest BCUT2D eigenvalue weighted by Gasteiger charge is -2.08. The van der Waals surface area contributed by atoms with Gasteiger partial charge in [0.25, 0.3) is 0 Å². The van der Waals surface area contributed by atoms with Gasteiger partial charge in [-0.2, -0.15) is 0 Å². The second-order valence-corrected chi connectivity index (χ2v) is 7.80. The monoisotopic (exact) mass is 377 g/mol. The molecule has 9 heteroatoms. The summed E-state index contributed by atoms with van der Waals surface area (Å²) in [5.41, 5.74) is 7.02. The molecular formula is C16H15N3O4S2. The second kappa shape index (κ2) is 6.34. The van der Waals surface area contributed by atoms with Crippen molar-refractivity contribution >= 4 is 37.9 Å². The van der Waals surface area contributed by atoms with Crippen molar-refractivity contribution < 1.29 is 17.9 Å². The molecular weight excluding hydrogens is 362 g/mol. The third-order valence-corrected chi connectivity index (χ3v) is 4.83. The molecule has 0 radical (unpaired) electrons. The van der Waals surface area contributed by atoms with E-state index in [0.717, 1.165) is 17.2 Å². The number of hydrogen-bond donors (Lipinski definition) is 2. The fourth-order valence-corrected chi connectivity index (χ4v) is 2.97. The zero-order valence-corrected chi connectivity index (χ0v) is 15.1. The van der Waals surface area contributed by atoms with Crippen LogP contribution in [0.1, 0.15) is 5.69 Å². The highest BCUT2D eigenvalue weighted by Gasteiger charge is 2.12. The minimum absolute atomic E-state index is 0.125. The van der Waals surface area contributed by atoms with Crippen molar-refractivity contribution in [3.8, 4) is 17.4 Å². The Morgan fingerprint density at radius 1 is 1.28 bits per heavy atom. The fraction of sp³-hybridized carbons (Fsp3) is 0.125. The summed E-state index contributed by atoms with van der Waals surface area (Å²) in [5, 5.41) is 0.810. The van der Waals surface area contributed by atoms with Gasteiger partial charge in [-0.25, -0.2) is 13.4 Å². The van der Waals surface area contributed by atoms with Crippen LogP contribution in [0.25, 0.3) is 10.9 Å².